The van der Waals surface area contributed by atoms with E-state index >= 15 is 0 Å². The average Bonchev–Trinajstić information content (AvgIpc) is 2.61. The van der Waals surface area contributed by atoms with Crippen molar-refractivity contribution in [1.29, 1.82) is 0 Å². The molecule has 0 saturated carbocycles. The lowest BCUT2D eigenvalue weighted by Crippen LogP contribution is -2.50. The summed E-state index contributed by atoms with van der Waals surface area (Å²) in [6.45, 7) is 15.9. The topological polar surface area (TPSA) is 16.4 Å². The molecule has 0 N–H and O–H groups in total. The molecule has 26 heavy (non-hydrogen) atoms. The Hall–Kier alpha value is -2.13. The maximum Gasteiger partial charge on any atom is 0.215 e. The highest BCUT2D eigenvalue weighted by atomic mass is 16.5. The van der Waals surface area contributed by atoms with E-state index in [0.29, 0.717) is 12.0 Å². The van der Waals surface area contributed by atoms with E-state index in [1.807, 2.05) is 20.2 Å². The van der Waals surface area contributed by atoms with Gasteiger partial charge in [0.05, 0.1) is 0 Å². The molecule has 0 fully saturated rings. The Kier molecular flexibility index (Phi) is 6.60. The number of allylic oxidation sites excluding steroid dienone is 4. The first-order chi connectivity index (χ1) is 12.3. The zero-order chi connectivity index (χ0) is 19.4. The maximum atomic E-state index is 5.40. The van der Waals surface area contributed by atoms with Gasteiger partial charge in [-0.25, -0.2) is 0 Å². The van der Waals surface area contributed by atoms with E-state index in [-0.39, 0.29) is 0 Å². The van der Waals surface area contributed by atoms with Crippen LogP contribution in [0.25, 0.3) is 11.6 Å². The second kappa shape index (κ2) is 8.50. The number of hydrogen-bond donors (Lipinski definition) is 0. The third kappa shape index (κ3) is 3.83. The summed E-state index contributed by atoms with van der Waals surface area (Å²) in [6, 6.07) is 2.50. The Morgan fingerprint density at radius 2 is 2.08 bits per heavy atom. The average molecular weight is 354 g/mol. The van der Waals surface area contributed by atoms with E-state index in [2.05, 4.69) is 67.9 Å². The molecule has 2 heterocycles. The summed E-state index contributed by atoms with van der Waals surface area (Å²) in [5.41, 5.74) is 7.36. The normalized spacial score (nSPS) is 21.7. The molecule has 1 aliphatic rings. The Bertz CT molecular complexity index is 756. The fourth-order valence-corrected chi connectivity index (χ4v) is 3.93. The molecule has 140 valence electrons. The molecule has 0 radical (unpaired) electrons. The second-order valence-corrected chi connectivity index (χ2v) is 7.34. The number of hydrogen-bond acceptors (Lipinski definition) is 2. The zero-order valence-electron chi connectivity index (χ0n) is 17.2. The Morgan fingerprint density at radius 3 is 2.65 bits per heavy atom. The van der Waals surface area contributed by atoms with Gasteiger partial charge in [-0.3, -0.25) is 0 Å². The molecule has 1 aromatic rings. The summed E-state index contributed by atoms with van der Waals surface area (Å²) in [5, 5.41) is 0. The van der Waals surface area contributed by atoms with Crippen molar-refractivity contribution >= 4 is 11.6 Å². The van der Waals surface area contributed by atoms with Gasteiger partial charge in [0.25, 0.3) is 0 Å². The van der Waals surface area contributed by atoms with Gasteiger partial charge in [-0.2, -0.15) is 4.57 Å². The summed E-state index contributed by atoms with van der Waals surface area (Å²) in [4.78, 5) is 2.06. The zero-order valence-corrected chi connectivity index (χ0v) is 17.2. The van der Waals surface area contributed by atoms with Gasteiger partial charge < -0.3 is 9.64 Å². The minimum atomic E-state index is 0.348. The largest absolute Gasteiger partial charge is 0.385 e. The summed E-state index contributed by atoms with van der Waals surface area (Å²) in [7, 11) is 5.85. The summed E-state index contributed by atoms with van der Waals surface area (Å²) < 4.78 is 7.77. The number of ether oxygens (including phenoxy) is 1. The van der Waals surface area contributed by atoms with Crippen LogP contribution in [0.5, 0.6) is 0 Å². The van der Waals surface area contributed by atoms with Crippen LogP contribution in [0.3, 0.4) is 0 Å². The van der Waals surface area contributed by atoms with E-state index in [1.54, 1.807) is 7.11 Å². The quantitative estimate of drug-likeness (QED) is 0.697. The van der Waals surface area contributed by atoms with Crippen LogP contribution in [0, 0.1) is 12.8 Å². The van der Waals surface area contributed by atoms with Crippen LogP contribution in [0.4, 0.5) is 0 Å². The van der Waals surface area contributed by atoms with E-state index in [9.17, 15) is 0 Å². The molecule has 0 spiro atoms. The number of rotatable bonds is 6. The van der Waals surface area contributed by atoms with Gasteiger partial charge in [0.1, 0.15) is 0 Å². The number of pyridine rings is 1. The van der Waals surface area contributed by atoms with Crippen LogP contribution in [-0.2, 0) is 4.74 Å². The van der Waals surface area contributed by atoms with Crippen LogP contribution in [-0.4, -0.2) is 32.7 Å². The standard InChI is InChI=1S/C23H33N2O/c1-9-20-11-14-25-19(5)21(12-15-26-8)22(16(2)10-13-24(6)7)18(4)23(25)17(20)3/h9-11,13-14,19,21H,1,4,12,15H2,2-3,5-8H3/q+1/b13-10-,22-16-. The molecular formula is C23H33N2O+. The van der Waals surface area contributed by atoms with Crippen LogP contribution < -0.4 is 4.57 Å². The molecule has 0 bridgehead atoms. The predicted octanol–water partition coefficient (Wildman–Crippen LogP) is 4.56. The SMILES string of the molecule is C=Cc1cc[n+]2c(c1C)C(=C)/C(=C(C)/C=C\N(C)C)C(CCOC)C2C. The fourth-order valence-electron chi connectivity index (χ4n) is 3.93. The molecule has 0 aliphatic carbocycles. The van der Waals surface area contributed by atoms with Crippen molar-refractivity contribution in [1.82, 2.24) is 4.90 Å². The molecule has 3 nitrogen and oxygen atoms in total. The van der Waals surface area contributed by atoms with Gasteiger partial charge in [0.2, 0.25) is 5.69 Å². The number of methoxy groups -OCH3 is 1. The number of nitrogens with zero attached hydrogens (tertiary/aromatic N) is 2. The molecule has 2 unspecified atom stereocenters. The lowest BCUT2D eigenvalue weighted by atomic mass is 9.77. The summed E-state index contributed by atoms with van der Waals surface area (Å²) in [5.74, 6) is 0.376. The van der Waals surface area contributed by atoms with Crippen LogP contribution in [0.1, 0.15) is 43.1 Å². The number of aromatic nitrogens is 1. The molecule has 3 heteroatoms. The molecule has 2 atom stereocenters. The third-order valence-electron chi connectivity index (χ3n) is 5.36. The second-order valence-electron chi connectivity index (χ2n) is 7.34. The summed E-state index contributed by atoms with van der Waals surface area (Å²) >= 11 is 0. The van der Waals surface area contributed by atoms with Crippen LogP contribution in [0.15, 0.2) is 48.8 Å². The maximum absolute atomic E-state index is 5.40. The van der Waals surface area contributed by atoms with E-state index < -0.39 is 0 Å². The van der Waals surface area contributed by atoms with Gasteiger partial charge in [0, 0.05) is 50.9 Å². The lowest BCUT2D eigenvalue weighted by Gasteiger charge is -2.32. The molecular weight excluding hydrogens is 320 g/mol. The minimum Gasteiger partial charge on any atom is -0.385 e. The van der Waals surface area contributed by atoms with Crippen molar-refractivity contribution in [3.8, 4) is 0 Å². The smallest absolute Gasteiger partial charge is 0.215 e. The Balaban J connectivity index is 2.67. The molecule has 1 aromatic heterocycles. The van der Waals surface area contributed by atoms with Crippen LogP contribution >= 0.6 is 0 Å². The Morgan fingerprint density at radius 1 is 1.38 bits per heavy atom. The fraction of sp³-hybridized carbons (Fsp3) is 0.435. The minimum absolute atomic E-state index is 0.348. The first-order valence-electron chi connectivity index (χ1n) is 9.24. The highest BCUT2D eigenvalue weighted by Gasteiger charge is 2.40. The van der Waals surface area contributed by atoms with Crippen LogP contribution in [0.2, 0.25) is 0 Å². The van der Waals surface area contributed by atoms with Gasteiger partial charge in [-0.1, -0.05) is 19.2 Å². The van der Waals surface area contributed by atoms with E-state index in [4.69, 9.17) is 4.74 Å². The number of fused-ring (bicyclic) bond motifs is 1. The Labute approximate surface area is 159 Å². The first kappa shape index (κ1) is 20.2. The molecule has 1 aliphatic heterocycles. The van der Waals surface area contributed by atoms with Gasteiger partial charge >= 0.3 is 0 Å². The summed E-state index contributed by atoms with van der Waals surface area (Å²) in [6.07, 6.45) is 9.37. The highest BCUT2D eigenvalue weighted by molar-refractivity contribution is 5.79. The van der Waals surface area contributed by atoms with Crippen molar-refractivity contribution in [2.75, 3.05) is 27.8 Å². The predicted molar refractivity (Wildman–Crippen MR) is 111 cm³/mol. The van der Waals surface area contributed by atoms with Crippen molar-refractivity contribution in [3.63, 3.8) is 0 Å². The van der Waals surface area contributed by atoms with Crippen molar-refractivity contribution in [3.05, 3.63) is 65.7 Å². The van der Waals surface area contributed by atoms with E-state index in [1.165, 1.54) is 28.0 Å². The van der Waals surface area contributed by atoms with Gasteiger partial charge in [0.15, 0.2) is 12.2 Å². The van der Waals surface area contributed by atoms with Crippen molar-refractivity contribution in [2.45, 2.75) is 33.2 Å². The van der Waals surface area contributed by atoms with Crippen molar-refractivity contribution in [2.24, 2.45) is 5.92 Å². The van der Waals surface area contributed by atoms with Crippen molar-refractivity contribution < 1.29 is 9.30 Å². The highest BCUT2D eigenvalue weighted by Crippen LogP contribution is 2.41. The molecule has 0 saturated heterocycles. The third-order valence-corrected chi connectivity index (χ3v) is 5.36. The van der Waals surface area contributed by atoms with Gasteiger partial charge in [-0.05, 0) is 56.2 Å². The first-order valence-corrected chi connectivity index (χ1v) is 9.24. The van der Waals surface area contributed by atoms with E-state index in [0.717, 1.165) is 18.6 Å². The monoisotopic (exact) mass is 353 g/mol. The molecule has 0 aromatic carbocycles. The molecule has 0 amide bonds. The van der Waals surface area contributed by atoms with Gasteiger partial charge in [-0.15, -0.1) is 0 Å². The molecule has 2 rings (SSSR count). The lowest BCUT2D eigenvalue weighted by molar-refractivity contribution is -0.730.